The Morgan fingerprint density at radius 2 is 1.88 bits per heavy atom. The van der Waals surface area contributed by atoms with Crippen molar-refractivity contribution < 1.29 is 19.0 Å². The fourth-order valence-corrected chi connectivity index (χ4v) is 3.29. The Hall–Kier alpha value is -2.89. The number of carbonyl (C=O) groups is 1. The first-order valence-corrected chi connectivity index (χ1v) is 8.08. The van der Waals surface area contributed by atoms with E-state index in [2.05, 4.69) is 4.57 Å². The molecule has 6 heteroatoms. The van der Waals surface area contributed by atoms with Crippen LogP contribution in [0.25, 0.3) is 16.6 Å². The molecule has 0 radical (unpaired) electrons. The second kappa shape index (κ2) is 6.55. The smallest absolute Gasteiger partial charge is 0.340 e. The Morgan fingerprint density at radius 1 is 1.20 bits per heavy atom. The average Bonchev–Trinajstić information content (AvgIpc) is 2.98. The Bertz CT molecular complexity index is 906. The van der Waals surface area contributed by atoms with Crippen molar-refractivity contribution in [1.82, 2.24) is 4.57 Å². The summed E-state index contributed by atoms with van der Waals surface area (Å²) in [6, 6.07) is 5.80. The lowest BCUT2D eigenvalue weighted by atomic mass is 9.98. The van der Waals surface area contributed by atoms with Crippen LogP contribution in [-0.2, 0) is 16.1 Å². The molecule has 25 heavy (non-hydrogen) atoms. The van der Waals surface area contributed by atoms with Crippen molar-refractivity contribution in [2.45, 2.75) is 19.9 Å². The first-order valence-electron chi connectivity index (χ1n) is 8.08. The van der Waals surface area contributed by atoms with E-state index in [0.29, 0.717) is 29.3 Å². The van der Waals surface area contributed by atoms with Crippen molar-refractivity contribution in [2.75, 3.05) is 21.3 Å². The third kappa shape index (κ3) is 2.63. The van der Waals surface area contributed by atoms with Crippen molar-refractivity contribution in [3.8, 4) is 11.5 Å². The third-order valence-corrected chi connectivity index (χ3v) is 4.44. The van der Waals surface area contributed by atoms with E-state index in [4.69, 9.17) is 19.9 Å². The van der Waals surface area contributed by atoms with Gasteiger partial charge in [0.15, 0.2) is 11.5 Å². The number of ether oxygens (including phenoxy) is 3. The van der Waals surface area contributed by atoms with E-state index in [0.717, 1.165) is 28.6 Å². The molecule has 2 aromatic rings. The van der Waals surface area contributed by atoms with Crippen LogP contribution in [-0.4, -0.2) is 31.9 Å². The zero-order valence-electron chi connectivity index (χ0n) is 14.9. The van der Waals surface area contributed by atoms with E-state index in [9.17, 15) is 4.79 Å². The Balaban J connectivity index is 2.29. The van der Waals surface area contributed by atoms with Crippen LogP contribution in [0.2, 0.25) is 0 Å². The molecule has 2 N–H and O–H groups in total. The van der Waals surface area contributed by atoms with Crippen LogP contribution < -0.4 is 15.2 Å². The van der Waals surface area contributed by atoms with Crippen LogP contribution in [0.3, 0.4) is 0 Å². The fourth-order valence-electron chi connectivity index (χ4n) is 3.29. The molecule has 1 aromatic heterocycles. The number of benzene rings is 1. The largest absolute Gasteiger partial charge is 0.493 e. The van der Waals surface area contributed by atoms with E-state index < -0.39 is 5.97 Å². The molecule has 132 valence electrons. The molecule has 1 aliphatic heterocycles. The second-order valence-corrected chi connectivity index (χ2v) is 5.80. The monoisotopic (exact) mass is 342 g/mol. The molecule has 0 bridgehead atoms. The third-order valence-electron chi connectivity index (χ3n) is 4.44. The number of nitrogens with two attached hydrogens (primary N) is 1. The van der Waals surface area contributed by atoms with Gasteiger partial charge >= 0.3 is 5.97 Å². The van der Waals surface area contributed by atoms with Crippen LogP contribution in [0.4, 0.5) is 0 Å². The molecule has 0 amide bonds. The summed E-state index contributed by atoms with van der Waals surface area (Å²) >= 11 is 0. The predicted octanol–water partition coefficient (Wildman–Crippen LogP) is 2.85. The van der Waals surface area contributed by atoms with Gasteiger partial charge in [0.1, 0.15) is 0 Å². The summed E-state index contributed by atoms with van der Waals surface area (Å²) in [5.41, 5.74) is 9.85. The number of aromatic nitrogens is 1. The van der Waals surface area contributed by atoms with Gasteiger partial charge in [-0.3, -0.25) is 0 Å². The first kappa shape index (κ1) is 17.0. The van der Waals surface area contributed by atoms with Gasteiger partial charge < -0.3 is 24.5 Å². The summed E-state index contributed by atoms with van der Waals surface area (Å²) in [5.74, 6) is 0.889. The standard InChI is InChI=1S/C19H22N2O4/c1-5-6-11-10-21-13-9-16(24-3)15(23-2)8-12(13)7-14(21)18(20)17(11)19(22)25-4/h6-9H,5,10,20H2,1-4H3/b11-6-. The summed E-state index contributed by atoms with van der Waals surface area (Å²) in [7, 11) is 4.58. The van der Waals surface area contributed by atoms with Crippen LogP contribution >= 0.6 is 0 Å². The molecule has 0 saturated carbocycles. The molecule has 0 spiro atoms. The van der Waals surface area contributed by atoms with Gasteiger partial charge in [0.25, 0.3) is 0 Å². The van der Waals surface area contributed by atoms with Gasteiger partial charge in [-0.25, -0.2) is 4.79 Å². The molecule has 0 saturated heterocycles. The molecular formula is C19H22N2O4. The Kier molecular flexibility index (Phi) is 4.44. The number of hydrogen-bond donors (Lipinski definition) is 1. The van der Waals surface area contributed by atoms with Crippen LogP contribution in [0.15, 0.2) is 35.4 Å². The van der Waals surface area contributed by atoms with Crippen LogP contribution in [0.1, 0.15) is 19.0 Å². The number of nitrogens with zero attached hydrogens (tertiary/aromatic N) is 1. The van der Waals surface area contributed by atoms with E-state index >= 15 is 0 Å². The minimum absolute atomic E-state index is 0.413. The Labute approximate surface area is 146 Å². The maximum absolute atomic E-state index is 12.2. The fraction of sp³-hybridized carbons (Fsp3) is 0.316. The highest BCUT2D eigenvalue weighted by Crippen LogP contribution is 2.38. The lowest BCUT2D eigenvalue weighted by molar-refractivity contribution is -0.135. The minimum atomic E-state index is -0.413. The van der Waals surface area contributed by atoms with Gasteiger partial charge in [-0.15, -0.1) is 0 Å². The summed E-state index contributed by atoms with van der Waals surface area (Å²) in [6.07, 6.45) is 2.81. The van der Waals surface area contributed by atoms with Gasteiger partial charge in [-0.2, -0.15) is 0 Å². The number of fused-ring (bicyclic) bond motifs is 3. The number of rotatable bonds is 4. The number of carbonyl (C=O) groups excluding carboxylic acids is 1. The van der Waals surface area contributed by atoms with E-state index in [1.165, 1.54) is 7.11 Å². The van der Waals surface area contributed by atoms with E-state index in [1.807, 2.05) is 31.2 Å². The molecule has 1 aromatic carbocycles. The lowest BCUT2D eigenvalue weighted by Gasteiger charge is -2.23. The number of hydrogen-bond acceptors (Lipinski definition) is 5. The number of esters is 1. The van der Waals surface area contributed by atoms with Crippen molar-refractivity contribution in [3.63, 3.8) is 0 Å². The van der Waals surface area contributed by atoms with Gasteiger partial charge in [0.05, 0.1) is 43.8 Å². The summed E-state index contributed by atoms with van der Waals surface area (Å²) in [6.45, 7) is 2.57. The van der Waals surface area contributed by atoms with E-state index in [-0.39, 0.29) is 0 Å². The highest BCUT2D eigenvalue weighted by atomic mass is 16.5. The van der Waals surface area contributed by atoms with Crippen molar-refractivity contribution in [1.29, 1.82) is 0 Å². The SMILES string of the molecule is CC/C=C1/Cn2c(cc3cc(OC)c(OC)cc32)C(N)=C1C(=O)OC. The molecule has 0 unspecified atom stereocenters. The number of allylic oxidation sites excluding steroid dienone is 1. The highest BCUT2D eigenvalue weighted by molar-refractivity contribution is 6.03. The van der Waals surface area contributed by atoms with Crippen molar-refractivity contribution in [3.05, 3.63) is 41.1 Å². The molecule has 1 aliphatic rings. The van der Waals surface area contributed by atoms with Crippen LogP contribution in [0, 0.1) is 0 Å². The summed E-state index contributed by atoms with van der Waals surface area (Å²) < 4.78 is 17.8. The maximum atomic E-state index is 12.2. The molecule has 0 fully saturated rings. The van der Waals surface area contributed by atoms with Gasteiger partial charge in [-0.1, -0.05) is 13.0 Å². The summed E-state index contributed by atoms with van der Waals surface area (Å²) in [5, 5.41) is 0.970. The number of methoxy groups -OCH3 is 3. The van der Waals surface area contributed by atoms with Gasteiger partial charge in [0, 0.05) is 18.0 Å². The zero-order chi connectivity index (χ0) is 18.1. The lowest BCUT2D eigenvalue weighted by Crippen LogP contribution is -2.23. The van der Waals surface area contributed by atoms with Crippen molar-refractivity contribution >= 4 is 22.6 Å². The molecular weight excluding hydrogens is 320 g/mol. The van der Waals surface area contributed by atoms with Crippen LogP contribution in [0.5, 0.6) is 11.5 Å². The molecule has 6 nitrogen and oxygen atoms in total. The molecule has 3 rings (SSSR count). The normalized spacial score (nSPS) is 15.4. The van der Waals surface area contributed by atoms with Crippen molar-refractivity contribution in [2.24, 2.45) is 5.73 Å². The topological polar surface area (TPSA) is 75.7 Å². The predicted molar refractivity (Wildman–Crippen MR) is 96.5 cm³/mol. The highest BCUT2D eigenvalue weighted by Gasteiger charge is 2.28. The minimum Gasteiger partial charge on any atom is -0.493 e. The second-order valence-electron chi connectivity index (χ2n) is 5.80. The average molecular weight is 342 g/mol. The zero-order valence-corrected chi connectivity index (χ0v) is 14.9. The van der Waals surface area contributed by atoms with Gasteiger partial charge in [0.2, 0.25) is 0 Å². The first-order chi connectivity index (χ1) is 12.0. The quantitative estimate of drug-likeness (QED) is 0.865. The van der Waals surface area contributed by atoms with E-state index in [1.54, 1.807) is 14.2 Å². The maximum Gasteiger partial charge on any atom is 0.340 e. The molecule has 2 heterocycles. The molecule has 0 aliphatic carbocycles. The Morgan fingerprint density at radius 3 is 2.48 bits per heavy atom. The van der Waals surface area contributed by atoms with Gasteiger partial charge in [-0.05, 0) is 24.1 Å². The molecule has 0 atom stereocenters. The summed E-state index contributed by atoms with van der Waals surface area (Å²) in [4.78, 5) is 12.2.